The minimum atomic E-state index is -5.53. The van der Waals surface area contributed by atoms with Gasteiger partial charge in [-0.05, 0) is 43.0 Å². The highest BCUT2D eigenvalue weighted by Crippen LogP contribution is 2.47. The molecule has 2 aliphatic heterocycles. The van der Waals surface area contributed by atoms with Crippen LogP contribution < -0.4 is 10.6 Å². The Morgan fingerprint density at radius 1 is 1.11 bits per heavy atom. The summed E-state index contributed by atoms with van der Waals surface area (Å²) >= 11 is 0. The molecule has 1 saturated heterocycles. The van der Waals surface area contributed by atoms with E-state index in [-0.39, 0.29) is 18.5 Å². The molecule has 6 bridgehead atoms. The smallest absolute Gasteiger partial charge is 0.415 e. The molecule has 2 aromatic heterocycles. The lowest BCUT2D eigenvalue weighted by Gasteiger charge is -2.28. The quantitative estimate of drug-likeness (QED) is 0.393. The van der Waals surface area contributed by atoms with Crippen LogP contribution >= 0.6 is 0 Å². The monoisotopic (exact) mass is 529 g/mol. The molecule has 2 atom stereocenters. The SMILES string of the molecule is Nc1cc(C(F)(F)F)c2nc1-c1nnc(o1)[C@](O)(C(F)(F)F)c1cc(ccc1F)/C=C\C[C@@H]1CCCN21. The van der Waals surface area contributed by atoms with E-state index in [2.05, 4.69) is 15.2 Å². The number of aliphatic hydroxyl groups is 1. The van der Waals surface area contributed by atoms with E-state index in [0.717, 1.165) is 12.1 Å². The molecule has 0 radical (unpaired) electrons. The first kappa shape index (κ1) is 25.0. The molecule has 196 valence electrons. The maximum absolute atomic E-state index is 14.7. The van der Waals surface area contributed by atoms with Crippen LogP contribution in [0.4, 0.5) is 42.2 Å². The first-order valence-corrected chi connectivity index (χ1v) is 11.0. The van der Waals surface area contributed by atoms with Crippen molar-refractivity contribution in [3.63, 3.8) is 0 Å². The van der Waals surface area contributed by atoms with Gasteiger partial charge in [-0.15, -0.1) is 10.2 Å². The maximum Gasteiger partial charge on any atom is 0.430 e. The Morgan fingerprint density at radius 2 is 1.86 bits per heavy atom. The van der Waals surface area contributed by atoms with Crippen molar-refractivity contribution in [1.29, 1.82) is 0 Å². The molecule has 14 heteroatoms. The van der Waals surface area contributed by atoms with Crippen LogP contribution in [0.25, 0.3) is 17.7 Å². The molecule has 5 rings (SSSR count). The van der Waals surface area contributed by atoms with Gasteiger partial charge in [-0.2, -0.15) is 26.3 Å². The van der Waals surface area contributed by atoms with Crippen molar-refractivity contribution < 1.29 is 40.3 Å². The van der Waals surface area contributed by atoms with Crippen LogP contribution in [0.3, 0.4) is 0 Å². The molecule has 0 saturated carbocycles. The average molecular weight is 529 g/mol. The van der Waals surface area contributed by atoms with Gasteiger partial charge in [0.15, 0.2) is 5.69 Å². The van der Waals surface area contributed by atoms with Gasteiger partial charge < -0.3 is 20.2 Å². The van der Waals surface area contributed by atoms with Crippen molar-refractivity contribution in [1.82, 2.24) is 15.2 Å². The summed E-state index contributed by atoms with van der Waals surface area (Å²) in [4.78, 5) is 5.47. The zero-order valence-electron chi connectivity index (χ0n) is 18.7. The van der Waals surface area contributed by atoms with Gasteiger partial charge in [-0.1, -0.05) is 18.2 Å². The number of pyridine rings is 1. The summed E-state index contributed by atoms with van der Waals surface area (Å²) < 4.78 is 104. The van der Waals surface area contributed by atoms with Crippen molar-refractivity contribution in [3.05, 3.63) is 58.7 Å². The summed E-state index contributed by atoms with van der Waals surface area (Å²) in [6, 6.07) is 2.92. The summed E-state index contributed by atoms with van der Waals surface area (Å²) in [5, 5.41) is 17.5. The molecule has 7 nitrogen and oxygen atoms in total. The normalized spacial score (nSPS) is 22.8. The van der Waals surface area contributed by atoms with Crippen molar-refractivity contribution >= 4 is 17.6 Å². The number of nitrogens with zero attached hydrogens (tertiary/aromatic N) is 4. The Balaban J connectivity index is 1.80. The largest absolute Gasteiger partial charge is 0.430 e. The topological polar surface area (TPSA) is 101 Å². The van der Waals surface area contributed by atoms with Crippen molar-refractivity contribution in [2.24, 2.45) is 0 Å². The van der Waals surface area contributed by atoms with Gasteiger partial charge in [-0.25, -0.2) is 9.37 Å². The van der Waals surface area contributed by atoms with Crippen molar-refractivity contribution in [2.75, 3.05) is 17.2 Å². The summed E-state index contributed by atoms with van der Waals surface area (Å²) in [5.41, 5.74) is -1.58. The number of nitrogen functional groups attached to an aromatic ring is 1. The van der Waals surface area contributed by atoms with Crippen molar-refractivity contribution in [3.8, 4) is 11.6 Å². The Hall–Kier alpha value is -3.68. The molecule has 3 aromatic rings. The molecule has 1 fully saturated rings. The van der Waals surface area contributed by atoms with Crippen LogP contribution in [-0.2, 0) is 11.8 Å². The molecule has 0 unspecified atom stereocenters. The number of nitrogens with two attached hydrogens (primary N) is 1. The molecule has 1 aromatic carbocycles. The third kappa shape index (κ3) is 4.08. The number of hydrogen-bond acceptors (Lipinski definition) is 7. The lowest BCUT2D eigenvalue weighted by Crippen LogP contribution is -2.44. The number of hydrogen-bond donors (Lipinski definition) is 2. The van der Waals surface area contributed by atoms with Gasteiger partial charge >= 0.3 is 12.4 Å². The number of rotatable bonds is 0. The molecule has 0 aliphatic carbocycles. The molecular weight excluding hydrogens is 511 g/mol. The number of halogens is 7. The van der Waals surface area contributed by atoms with Crippen LogP contribution in [-0.4, -0.2) is 39.1 Å². The van der Waals surface area contributed by atoms with Crippen LogP contribution in [0.1, 0.15) is 41.8 Å². The van der Waals surface area contributed by atoms with E-state index < -0.39 is 69.9 Å². The lowest BCUT2D eigenvalue weighted by molar-refractivity contribution is -0.256. The van der Waals surface area contributed by atoms with E-state index >= 15 is 0 Å². The summed E-state index contributed by atoms with van der Waals surface area (Å²) in [6.07, 6.45) is -6.10. The third-order valence-electron chi connectivity index (χ3n) is 6.43. The van der Waals surface area contributed by atoms with Gasteiger partial charge in [-0.3, -0.25) is 0 Å². The van der Waals surface area contributed by atoms with E-state index in [0.29, 0.717) is 18.9 Å². The second-order valence-electron chi connectivity index (χ2n) is 8.78. The minimum Gasteiger partial charge on any atom is -0.415 e. The van der Waals surface area contributed by atoms with Crippen molar-refractivity contribution in [2.45, 2.75) is 43.3 Å². The second kappa shape index (κ2) is 8.43. The molecule has 2 aliphatic rings. The van der Waals surface area contributed by atoms with Crippen LogP contribution in [0.2, 0.25) is 0 Å². The van der Waals surface area contributed by atoms with Crippen LogP contribution in [0.5, 0.6) is 0 Å². The van der Waals surface area contributed by atoms with E-state index in [1.54, 1.807) is 6.08 Å². The highest BCUT2D eigenvalue weighted by Gasteiger charge is 2.61. The Kier molecular flexibility index (Phi) is 5.69. The Labute approximate surface area is 204 Å². The predicted molar refractivity (Wildman–Crippen MR) is 116 cm³/mol. The number of fused-ring (bicyclic) bond motifs is 9. The minimum absolute atomic E-state index is 0.108. The number of benzene rings is 1. The van der Waals surface area contributed by atoms with E-state index in [4.69, 9.17) is 10.2 Å². The lowest BCUT2D eigenvalue weighted by atomic mass is 9.90. The van der Waals surface area contributed by atoms with Gasteiger partial charge in [0.2, 0.25) is 0 Å². The summed E-state index contributed by atoms with van der Waals surface area (Å²) in [7, 11) is 0. The first-order valence-electron chi connectivity index (χ1n) is 11.0. The van der Waals surface area contributed by atoms with Gasteiger partial charge in [0.05, 0.1) is 5.69 Å². The molecule has 4 heterocycles. The molecule has 37 heavy (non-hydrogen) atoms. The van der Waals surface area contributed by atoms with Gasteiger partial charge in [0.25, 0.3) is 17.4 Å². The molecule has 3 N–H and O–H groups in total. The molecular formula is C23H18F7N5O2. The fourth-order valence-electron chi connectivity index (χ4n) is 4.62. The summed E-state index contributed by atoms with van der Waals surface area (Å²) in [6.45, 7) is 0.238. The predicted octanol–water partition coefficient (Wildman–Crippen LogP) is 5.06. The second-order valence-corrected chi connectivity index (χ2v) is 8.78. The van der Waals surface area contributed by atoms with E-state index in [1.165, 1.54) is 17.0 Å². The Morgan fingerprint density at radius 3 is 2.57 bits per heavy atom. The van der Waals surface area contributed by atoms with Crippen LogP contribution in [0, 0.1) is 5.82 Å². The Bertz CT molecular complexity index is 1380. The number of anilines is 2. The maximum atomic E-state index is 14.7. The highest BCUT2D eigenvalue weighted by molar-refractivity contribution is 5.72. The molecule has 0 amide bonds. The first-order chi connectivity index (χ1) is 17.3. The standard InChI is InChI=1S/C23H18F7N5O2/c24-15-7-6-11-3-1-4-12-5-2-8-35(12)18-14(22(25,26)27)10-16(31)17(32-18)19-33-34-20(37-19)21(36,13(15)9-11)23(28,29)30/h1,3,6-7,9-10,12,36H,2,4-5,8,31H2/b3-1-/t12-,21+/m1/s1. The third-order valence-corrected chi connectivity index (χ3v) is 6.43. The van der Waals surface area contributed by atoms with Crippen LogP contribution in [0.15, 0.2) is 34.8 Å². The highest BCUT2D eigenvalue weighted by atomic mass is 19.4. The number of aromatic nitrogens is 3. The fourth-order valence-corrected chi connectivity index (χ4v) is 4.62. The van der Waals surface area contributed by atoms with Gasteiger partial charge in [0.1, 0.15) is 17.2 Å². The average Bonchev–Trinajstić information content (AvgIpc) is 3.48. The summed E-state index contributed by atoms with van der Waals surface area (Å²) in [5.74, 6) is -4.10. The fraction of sp³-hybridized carbons (Fsp3) is 0.348. The number of alkyl halides is 6. The zero-order chi connectivity index (χ0) is 26.8. The molecule has 0 spiro atoms. The zero-order valence-corrected chi connectivity index (χ0v) is 18.7. The van der Waals surface area contributed by atoms with E-state index in [1.807, 2.05) is 0 Å². The van der Waals surface area contributed by atoms with E-state index in [9.17, 15) is 35.8 Å². The van der Waals surface area contributed by atoms with Gasteiger partial charge in [0, 0.05) is 18.2 Å².